The predicted octanol–water partition coefficient (Wildman–Crippen LogP) is 5.85. The van der Waals surface area contributed by atoms with Gasteiger partial charge < -0.3 is 10.2 Å². The zero-order valence-corrected chi connectivity index (χ0v) is 21.4. The minimum absolute atomic E-state index is 0.175. The normalized spacial score (nSPS) is 24.2. The lowest BCUT2D eigenvalue weighted by Gasteiger charge is -2.37. The summed E-state index contributed by atoms with van der Waals surface area (Å²) < 4.78 is 0. The molecule has 39 heavy (non-hydrogen) atoms. The van der Waals surface area contributed by atoms with E-state index in [1.807, 2.05) is 96.8 Å². The first-order valence-electron chi connectivity index (χ1n) is 13.2. The fourth-order valence-electron chi connectivity index (χ4n) is 6.85. The number of ketones is 2. The molecule has 5 heteroatoms. The Kier molecular flexibility index (Phi) is 5.17. The molecule has 3 heterocycles. The monoisotopic (exact) mass is 510 g/mol. The zero-order chi connectivity index (χ0) is 26.7. The van der Waals surface area contributed by atoms with Gasteiger partial charge >= 0.3 is 0 Å². The third kappa shape index (κ3) is 3.23. The van der Waals surface area contributed by atoms with Crippen LogP contribution in [-0.4, -0.2) is 29.6 Å². The fraction of sp³-hybridized carbons (Fsp3) is 0.147. The standard InChI is InChI=1S/C34H26N2O3/c1-21-16-18-27-24(20-21)17-19-28-34(25-14-8-9-15-26(25)35-33(34)39)29(31(37)22-10-4-2-5-11-22)30(36(27)28)32(38)23-12-6-3-7-13-23/h2-20,28-30H,1H3,(H,35,39)/t28-,29+,30+,34-/m1/s1. The van der Waals surface area contributed by atoms with E-state index in [4.69, 9.17) is 0 Å². The number of benzene rings is 4. The van der Waals surface area contributed by atoms with Gasteiger partial charge in [-0.25, -0.2) is 0 Å². The van der Waals surface area contributed by atoms with Gasteiger partial charge in [0.2, 0.25) is 5.91 Å². The van der Waals surface area contributed by atoms with E-state index in [0.717, 1.165) is 22.4 Å². The summed E-state index contributed by atoms with van der Waals surface area (Å²) in [7, 11) is 0. The summed E-state index contributed by atoms with van der Waals surface area (Å²) in [5, 5.41) is 3.07. The van der Waals surface area contributed by atoms with Crippen molar-refractivity contribution in [3.8, 4) is 0 Å². The number of nitrogens with zero attached hydrogens (tertiary/aromatic N) is 1. The van der Waals surface area contributed by atoms with Gasteiger partial charge in [-0.3, -0.25) is 14.4 Å². The molecule has 0 unspecified atom stereocenters. The number of anilines is 2. The fourth-order valence-corrected chi connectivity index (χ4v) is 6.85. The summed E-state index contributed by atoms with van der Waals surface area (Å²) in [5.74, 6) is -1.60. The highest BCUT2D eigenvalue weighted by atomic mass is 16.2. The number of carbonyl (C=O) groups excluding carboxylic acids is 3. The average Bonchev–Trinajstić information content (AvgIpc) is 3.45. The van der Waals surface area contributed by atoms with E-state index in [1.165, 1.54) is 0 Å². The van der Waals surface area contributed by atoms with Crippen LogP contribution in [0.5, 0.6) is 0 Å². The van der Waals surface area contributed by atoms with Crippen molar-refractivity contribution < 1.29 is 14.4 Å². The lowest BCUT2D eigenvalue weighted by molar-refractivity contribution is -0.121. The molecule has 4 atom stereocenters. The number of para-hydroxylation sites is 1. The Labute approximate surface area is 226 Å². The average molecular weight is 511 g/mol. The molecular weight excluding hydrogens is 484 g/mol. The first-order valence-corrected chi connectivity index (χ1v) is 13.2. The molecule has 0 saturated carbocycles. The predicted molar refractivity (Wildman–Crippen MR) is 152 cm³/mol. The van der Waals surface area contributed by atoms with Gasteiger partial charge in [0.05, 0.1) is 12.0 Å². The maximum atomic E-state index is 14.6. The van der Waals surface area contributed by atoms with Crippen molar-refractivity contribution in [3.05, 3.63) is 137 Å². The Morgan fingerprint density at radius 3 is 2.15 bits per heavy atom. The van der Waals surface area contributed by atoms with Gasteiger partial charge in [0.15, 0.2) is 11.6 Å². The van der Waals surface area contributed by atoms with Gasteiger partial charge in [0, 0.05) is 22.5 Å². The molecule has 4 aromatic carbocycles. The lowest BCUT2D eigenvalue weighted by Crippen LogP contribution is -2.51. The van der Waals surface area contributed by atoms with Crippen molar-refractivity contribution in [2.75, 3.05) is 10.2 Å². The summed E-state index contributed by atoms with van der Waals surface area (Å²) in [6.45, 7) is 2.03. The van der Waals surface area contributed by atoms with Crippen LogP contribution in [-0.2, 0) is 10.2 Å². The maximum Gasteiger partial charge on any atom is 0.238 e. The van der Waals surface area contributed by atoms with E-state index < -0.39 is 23.4 Å². The topological polar surface area (TPSA) is 66.5 Å². The quantitative estimate of drug-likeness (QED) is 0.350. The third-order valence-corrected chi connectivity index (χ3v) is 8.46. The minimum atomic E-state index is -1.29. The molecule has 1 saturated heterocycles. The van der Waals surface area contributed by atoms with Crippen LogP contribution < -0.4 is 10.2 Å². The van der Waals surface area contributed by atoms with Crippen molar-refractivity contribution in [2.24, 2.45) is 5.92 Å². The molecule has 7 rings (SSSR count). The summed E-state index contributed by atoms with van der Waals surface area (Å²) in [6.07, 6.45) is 4.03. The SMILES string of the molecule is Cc1ccc2c(c1)C=C[C@H]1N2[C@H](C(=O)c2ccccc2)[C@@H](C(=O)c2ccccc2)[C@]12C(=O)Nc1ccccc12. The Hall–Kier alpha value is -4.77. The summed E-state index contributed by atoms with van der Waals surface area (Å²) >= 11 is 0. The Balaban J connectivity index is 1.55. The van der Waals surface area contributed by atoms with E-state index in [0.29, 0.717) is 16.8 Å². The Morgan fingerprint density at radius 2 is 1.44 bits per heavy atom. The number of nitrogens with one attached hydrogen (secondary N) is 1. The van der Waals surface area contributed by atoms with Gasteiger partial charge in [-0.15, -0.1) is 0 Å². The maximum absolute atomic E-state index is 14.6. The van der Waals surface area contributed by atoms with E-state index in [9.17, 15) is 14.4 Å². The summed E-state index contributed by atoms with van der Waals surface area (Å²) in [6, 6.07) is 30.3. The van der Waals surface area contributed by atoms with Crippen LogP contribution in [0.1, 0.15) is 37.4 Å². The van der Waals surface area contributed by atoms with Crippen LogP contribution in [0.3, 0.4) is 0 Å². The molecule has 0 bridgehead atoms. The summed E-state index contributed by atoms with van der Waals surface area (Å²) in [5.41, 5.74) is 4.05. The van der Waals surface area contributed by atoms with Crippen molar-refractivity contribution >= 4 is 34.9 Å². The van der Waals surface area contributed by atoms with Crippen LogP contribution in [0.25, 0.3) is 6.08 Å². The third-order valence-electron chi connectivity index (χ3n) is 8.46. The number of aryl methyl sites for hydroxylation is 1. The van der Waals surface area contributed by atoms with E-state index >= 15 is 0 Å². The molecule has 0 aromatic heterocycles. The molecule has 4 aromatic rings. The smallest absolute Gasteiger partial charge is 0.238 e. The number of amides is 1. The molecule has 3 aliphatic rings. The Bertz CT molecular complexity index is 1680. The second kappa shape index (κ2) is 8.63. The number of fused-ring (bicyclic) bond motifs is 6. The highest BCUT2D eigenvalue weighted by molar-refractivity contribution is 6.18. The van der Waals surface area contributed by atoms with Crippen LogP contribution in [0.2, 0.25) is 0 Å². The Morgan fingerprint density at radius 1 is 0.795 bits per heavy atom. The highest BCUT2D eigenvalue weighted by Crippen LogP contribution is 2.58. The van der Waals surface area contributed by atoms with Gasteiger partial charge in [-0.2, -0.15) is 0 Å². The number of rotatable bonds is 4. The van der Waals surface area contributed by atoms with Crippen molar-refractivity contribution in [2.45, 2.75) is 24.4 Å². The van der Waals surface area contributed by atoms with Gasteiger partial charge in [0.1, 0.15) is 11.5 Å². The van der Waals surface area contributed by atoms with Gasteiger partial charge in [-0.05, 0) is 36.2 Å². The molecule has 3 aliphatic heterocycles. The van der Waals surface area contributed by atoms with Crippen LogP contribution >= 0.6 is 0 Å². The molecule has 1 N–H and O–H groups in total. The lowest BCUT2D eigenvalue weighted by atomic mass is 9.64. The van der Waals surface area contributed by atoms with E-state index in [2.05, 4.69) is 11.4 Å². The molecular formula is C34H26N2O3. The van der Waals surface area contributed by atoms with Crippen molar-refractivity contribution in [3.63, 3.8) is 0 Å². The van der Waals surface area contributed by atoms with Gasteiger partial charge in [0.25, 0.3) is 0 Å². The van der Waals surface area contributed by atoms with Crippen LogP contribution in [0.15, 0.2) is 109 Å². The molecule has 190 valence electrons. The van der Waals surface area contributed by atoms with Crippen LogP contribution in [0.4, 0.5) is 11.4 Å². The first-order chi connectivity index (χ1) is 19.0. The second-order valence-corrected chi connectivity index (χ2v) is 10.5. The highest BCUT2D eigenvalue weighted by Gasteiger charge is 2.70. The molecule has 1 fully saturated rings. The molecule has 5 nitrogen and oxygen atoms in total. The zero-order valence-electron chi connectivity index (χ0n) is 21.4. The number of hydrogen-bond acceptors (Lipinski definition) is 4. The van der Waals surface area contributed by atoms with Gasteiger partial charge in [-0.1, -0.05) is 103 Å². The minimum Gasteiger partial charge on any atom is -0.352 e. The molecule has 1 amide bonds. The van der Waals surface area contributed by atoms with E-state index in [1.54, 1.807) is 24.3 Å². The largest absolute Gasteiger partial charge is 0.352 e. The van der Waals surface area contributed by atoms with E-state index in [-0.39, 0.29) is 17.5 Å². The number of carbonyl (C=O) groups is 3. The van der Waals surface area contributed by atoms with Crippen molar-refractivity contribution in [1.29, 1.82) is 0 Å². The number of Topliss-reactive ketones (excluding diaryl/α,β-unsaturated/α-hetero) is 2. The van der Waals surface area contributed by atoms with Crippen molar-refractivity contribution in [1.82, 2.24) is 0 Å². The van der Waals surface area contributed by atoms with Crippen LogP contribution in [0, 0.1) is 12.8 Å². The number of hydrogen-bond donors (Lipinski definition) is 1. The summed E-state index contributed by atoms with van der Waals surface area (Å²) in [4.78, 5) is 45.5. The molecule has 0 aliphatic carbocycles. The molecule has 0 radical (unpaired) electrons. The molecule has 1 spiro atoms. The first kappa shape index (κ1) is 23.4. The second-order valence-electron chi connectivity index (χ2n) is 10.5.